The van der Waals surface area contributed by atoms with Crippen LogP contribution in [0.1, 0.15) is 30.9 Å². The molecule has 0 bridgehead atoms. The molecule has 0 unspecified atom stereocenters. The fourth-order valence-electron chi connectivity index (χ4n) is 1.72. The normalized spacial score (nSPS) is 10.9. The van der Waals surface area contributed by atoms with Gasteiger partial charge >= 0.3 is 0 Å². The Morgan fingerprint density at radius 1 is 1.00 bits per heavy atom. The third-order valence-electron chi connectivity index (χ3n) is 2.72. The van der Waals surface area contributed by atoms with Crippen molar-refractivity contribution < 1.29 is 4.74 Å². The number of aryl methyl sites for hydroxylation is 1. The molecule has 2 aromatic rings. The van der Waals surface area contributed by atoms with Gasteiger partial charge in [-0.05, 0) is 36.1 Å². The number of benzene rings is 1. The number of nitrogens with zero attached hydrogens (tertiary/aromatic N) is 2. The van der Waals surface area contributed by atoms with E-state index in [1.807, 2.05) is 20.8 Å². The van der Waals surface area contributed by atoms with Gasteiger partial charge in [0.25, 0.3) is 0 Å². The summed E-state index contributed by atoms with van der Waals surface area (Å²) in [6.45, 7) is 5.93. The Hall–Kier alpha value is -1.03. The van der Waals surface area contributed by atoms with E-state index in [0.717, 1.165) is 11.1 Å². The second-order valence-electron chi connectivity index (χ2n) is 4.74. The topological polar surface area (TPSA) is 35.0 Å². The van der Waals surface area contributed by atoms with Gasteiger partial charge in [0.1, 0.15) is 0 Å². The first-order valence-electron chi connectivity index (χ1n) is 6.05. The summed E-state index contributed by atoms with van der Waals surface area (Å²) in [5.74, 6) is 0.889. The lowest BCUT2D eigenvalue weighted by Gasteiger charge is -2.12. The molecule has 0 saturated carbocycles. The number of ether oxygens (including phenoxy) is 1. The van der Waals surface area contributed by atoms with Gasteiger partial charge in [-0.2, -0.15) is 0 Å². The van der Waals surface area contributed by atoms with Crippen LogP contribution in [0, 0.1) is 6.92 Å². The van der Waals surface area contributed by atoms with E-state index in [1.165, 1.54) is 0 Å². The Balaban J connectivity index is 2.38. The van der Waals surface area contributed by atoms with Gasteiger partial charge in [-0.25, -0.2) is 0 Å². The van der Waals surface area contributed by atoms with Crippen LogP contribution in [0.4, 0.5) is 0 Å². The largest absolute Gasteiger partial charge is 0.434 e. The minimum atomic E-state index is 0.212. The average molecular weight is 332 g/mol. The van der Waals surface area contributed by atoms with Crippen LogP contribution in [0.2, 0.25) is 15.2 Å². The van der Waals surface area contributed by atoms with Crippen molar-refractivity contribution in [1.82, 2.24) is 10.2 Å². The smallest absolute Gasteiger partial charge is 0.239 e. The maximum absolute atomic E-state index is 6.13. The lowest BCUT2D eigenvalue weighted by molar-refractivity contribution is 0.454. The van der Waals surface area contributed by atoms with Crippen LogP contribution in [0.5, 0.6) is 11.6 Å². The van der Waals surface area contributed by atoms with Crippen LogP contribution in [-0.2, 0) is 0 Å². The number of aromatic nitrogens is 2. The van der Waals surface area contributed by atoms with Crippen LogP contribution in [-0.4, -0.2) is 10.2 Å². The molecule has 0 saturated heterocycles. The minimum absolute atomic E-state index is 0.212. The van der Waals surface area contributed by atoms with E-state index >= 15 is 0 Å². The van der Waals surface area contributed by atoms with E-state index in [9.17, 15) is 0 Å². The first kappa shape index (κ1) is 15.4. The van der Waals surface area contributed by atoms with Crippen LogP contribution in [0.25, 0.3) is 0 Å². The highest BCUT2D eigenvalue weighted by Crippen LogP contribution is 2.37. The number of hydrogen-bond donors (Lipinski definition) is 0. The summed E-state index contributed by atoms with van der Waals surface area (Å²) in [5.41, 5.74) is 1.81. The maximum Gasteiger partial charge on any atom is 0.239 e. The number of hydrogen-bond acceptors (Lipinski definition) is 3. The van der Waals surface area contributed by atoms with Crippen molar-refractivity contribution in [2.75, 3.05) is 0 Å². The highest BCUT2D eigenvalue weighted by atomic mass is 35.5. The molecule has 3 nitrogen and oxygen atoms in total. The summed E-state index contributed by atoms with van der Waals surface area (Å²) in [7, 11) is 0. The molecule has 6 heteroatoms. The van der Waals surface area contributed by atoms with E-state index in [2.05, 4.69) is 10.2 Å². The molecular weight excluding hydrogens is 319 g/mol. The summed E-state index contributed by atoms with van der Waals surface area (Å²) < 4.78 is 5.64. The molecule has 0 fully saturated rings. The first-order chi connectivity index (χ1) is 9.38. The van der Waals surface area contributed by atoms with E-state index in [0.29, 0.717) is 26.8 Å². The molecule has 2 rings (SSSR count). The molecule has 0 N–H and O–H groups in total. The summed E-state index contributed by atoms with van der Waals surface area (Å²) in [6.07, 6.45) is 0. The van der Waals surface area contributed by atoms with Gasteiger partial charge in [0.15, 0.2) is 10.9 Å². The molecule has 0 aliphatic heterocycles. The summed E-state index contributed by atoms with van der Waals surface area (Å²) >= 11 is 18.3. The van der Waals surface area contributed by atoms with Gasteiger partial charge in [-0.1, -0.05) is 48.7 Å². The zero-order chi connectivity index (χ0) is 14.9. The molecule has 0 aliphatic rings. The monoisotopic (exact) mass is 330 g/mol. The van der Waals surface area contributed by atoms with Gasteiger partial charge < -0.3 is 4.74 Å². The molecule has 106 valence electrons. The third kappa shape index (κ3) is 3.35. The standard InChI is InChI=1S/C14H13Cl3N2O/c1-7(2)9-6-12(18-19-14(9)17)20-13-10(15)4-8(3)5-11(13)16/h4-7H,1-3H3. The van der Waals surface area contributed by atoms with Gasteiger partial charge in [0, 0.05) is 6.07 Å². The Morgan fingerprint density at radius 2 is 1.60 bits per heavy atom. The van der Waals surface area contributed by atoms with Crippen molar-refractivity contribution in [3.63, 3.8) is 0 Å². The second kappa shape index (κ2) is 6.17. The van der Waals surface area contributed by atoms with Crippen molar-refractivity contribution in [3.8, 4) is 11.6 Å². The minimum Gasteiger partial charge on any atom is -0.434 e. The van der Waals surface area contributed by atoms with Crippen molar-refractivity contribution >= 4 is 34.8 Å². The molecule has 0 spiro atoms. The highest BCUT2D eigenvalue weighted by Gasteiger charge is 2.14. The zero-order valence-corrected chi connectivity index (χ0v) is 13.5. The molecule has 0 radical (unpaired) electrons. The lowest BCUT2D eigenvalue weighted by atomic mass is 10.1. The molecule has 20 heavy (non-hydrogen) atoms. The fourth-order valence-corrected chi connectivity index (χ4v) is 2.70. The van der Waals surface area contributed by atoms with Crippen molar-refractivity contribution in [2.45, 2.75) is 26.7 Å². The number of halogens is 3. The quantitative estimate of drug-likeness (QED) is 0.727. The van der Waals surface area contributed by atoms with Crippen LogP contribution >= 0.6 is 34.8 Å². The molecule has 0 atom stereocenters. The van der Waals surface area contributed by atoms with Crippen molar-refractivity contribution in [2.24, 2.45) is 0 Å². The van der Waals surface area contributed by atoms with Gasteiger partial charge in [0.2, 0.25) is 5.88 Å². The Labute approximate surface area is 132 Å². The van der Waals surface area contributed by atoms with E-state index in [-0.39, 0.29) is 5.92 Å². The highest BCUT2D eigenvalue weighted by molar-refractivity contribution is 6.37. The van der Waals surface area contributed by atoms with Gasteiger partial charge in [-0.15, -0.1) is 10.2 Å². The Bertz CT molecular complexity index is 621. The van der Waals surface area contributed by atoms with E-state index < -0.39 is 0 Å². The molecule has 0 aliphatic carbocycles. The zero-order valence-electron chi connectivity index (χ0n) is 11.2. The lowest BCUT2D eigenvalue weighted by Crippen LogP contribution is -1.98. The van der Waals surface area contributed by atoms with Crippen molar-refractivity contribution in [3.05, 3.63) is 44.5 Å². The second-order valence-corrected chi connectivity index (χ2v) is 5.92. The average Bonchev–Trinajstić information content (AvgIpc) is 2.35. The van der Waals surface area contributed by atoms with Gasteiger partial charge in [0.05, 0.1) is 10.0 Å². The molecule has 1 aromatic carbocycles. The summed E-state index contributed by atoms with van der Waals surface area (Å²) in [4.78, 5) is 0. The van der Waals surface area contributed by atoms with Crippen LogP contribution in [0.3, 0.4) is 0 Å². The SMILES string of the molecule is Cc1cc(Cl)c(Oc2cc(C(C)C)c(Cl)nn2)c(Cl)c1. The van der Waals surface area contributed by atoms with Crippen molar-refractivity contribution in [1.29, 1.82) is 0 Å². The molecule has 1 aromatic heterocycles. The van der Waals surface area contributed by atoms with E-state index in [4.69, 9.17) is 39.5 Å². The molecule has 1 heterocycles. The third-order valence-corrected chi connectivity index (χ3v) is 3.58. The van der Waals surface area contributed by atoms with Gasteiger partial charge in [-0.3, -0.25) is 0 Å². The van der Waals surface area contributed by atoms with Crippen LogP contribution in [0.15, 0.2) is 18.2 Å². The molecular formula is C14H13Cl3N2O. The Kier molecular flexibility index (Phi) is 4.74. The Morgan fingerprint density at radius 3 is 2.15 bits per heavy atom. The predicted molar refractivity (Wildman–Crippen MR) is 82.4 cm³/mol. The van der Waals surface area contributed by atoms with Crippen LogP contribution < -0.4 is 4.74 Å². The predicted octanol–water partition coefficient (Wildman–Crippen LogP) is 5.66. The summed E-state index contributed by atoms with van der Waals surface area (Å²) in [5, 5.41) is 9.00. The fraction of sp³-hybridized carbons (Fsp3) is 0.286. The molecule has 0 amide bonds. The number of rotatable bonds is 3. The first-order valence-corrected chi connectivity index (χ1v) is 7.18. The summed E-state index contributed by atoms with van der Waals surface area (Å²) in [6, 6.07) is 5.29. The maximum atomic E-state index is 6.13. The van der Waals surface area contributed by atoms with E-state index in [1.54, 1.807) is 18.2 Å².